The molecule has 0 aliphatic carbocycles. The van der Waals surface area contributed by atoms with Crippen LogP contribution in [0.1, 0.15) is 31.4 Å². The first-order valence-electron chi connectivity index (χ1n) is 6.45. The van der Waals surface area contributed by atoms with Crippen molar-refractivity contribution >= 4 is 5.69 Å². The van der Waals surface area contributed by atoms with E-state index in [1.807, 2.05) is 0 Å². The molecule has 1 aliphatic rings. The molecule has 0 saturated carbocycles. The van der Waals surface area contributed by atoms with Gasteiger partial charge in [-0.2, -0.15) is 0 Å². The van der Waals surface area contributed by atoms with Gasteiger partial charge in [-0.25, -0.2) is 4.39 Å². The third kappa shape index (κ3) is 2.82. The van der Waals surface area contributed by atoms with E-state index in [0.29, 0.717) is 5.56 Å². The van der Waals surface area contributed by atoms with Crippen molar-refractivity contribution in [2.45, 2.75) is 25.9 Å². The Bertz CT molecular complexity index is 409. The minimum atomic E-state index is -0.690. The molecule has 0 radical (unpaired) electrons. The molecule has 0 bridgehead atoms. The lowest BCUT2D eigenvalue weighted by Gasteiger charge is -2.35. The van der Waals surface area contributed by atoms with Crippen LogP contribution < -0.4 is 4.90 Å². The zero-order valence-electron chi connectivity index (χ0n) is 10.6. The summed E-state index contributed by atoms with van der Waals surface area (Å²) in [6, 6.07) is 4.53. The Morgan fingerprint density at radius 1 is 1.50 bits per heavy atom. The van der Waals surface area contributed by atoms with Crippen LogP contribution in [0, 0.1) is 11.7 Å². The number of hydrogen-bond acceptors (Lipinski definition) is 3. The normalized spacial score (nSPS) is 22.0. The van der Waals surface area contributed by atoms with Crippen LogP contribution in [-0.2, 0) is 0 Å². The van der Waals surface area contributed by atoms with Gasteiger partial charge in [0.25, 0.3) is 0 Å². The van der Waals surface area contributed by atoms with E-state index in [-0.39, 0.29) is 18.3 Å². The van der Waals surface area contributed by atoms with Gasteiger partial charge in [0.2, 0.25) is 0 Å². The highest BCUT2D eigenvalue weighted by molar-refractivity contribution is 5.55. The maximum absolute atomic E-state index is 13.2. The molecule has 1 saturated heterocycles. The summed E-state index contributed by atoms with van der Waals surface area (Å²) in [6.07, 6.45) is 1.35. The quantitative estimate of drug-likeness (QED) is 0.867. The van der Waals surface area contributed by atoms with E-state index in [9.17, 15) is 14.6 Å². The van der Waals surface area contributed by atoms with E-state index >= 15 is 0 Å². The molecule has 2 atom stereocenters. The van der Waals surface area contributed by atoms with Gasteiger partial charge in [-0.15, -0.1) is 0 Å². The molecule has 1 aliphatic heterocycles. The number of hydrogen-bond donors (Lipinski definition) is 2. The second-order valence-corrected chi connectivity index (χ2v) is 5.02. The van der Waals surface area contributed by atoms with Gasteiger partial charge in [0.1, 0.15) is 5.82 Å². The Morgan fingerprint density at radius 3 is 2.94 bits per heavy atom. The fourth-order valence-corrected chi connectivity index (χ4v) is 2.58. The summed E-state index contributed by atoms with van der Waals surface area (Å²) in [5.41, 5.74) is 1.50. The molecule has 0 amide bonds. The van der Waals surface area contributed by atoms with Gasteiger partial charge in [-0.1, -0.05) is 0 Å². The van der Waals surface area contributed by atoms with Crippen molar-refractivity contribution in [1.82, 2.24) is 0 Å². The van der Waals surface area contributed by atoms with Crippen LogP contribution in [0.15, 0.2) is 18.2 Å². The van der Waals surface area contributed by atoms with Crippen molar-refractivity contribution in [3.63, 3.8) is 0 Å². The Morgan fingerprint density at radius 2 is 2.28 bits per heavy atom. The van der Waals surface area contributed by atoms with Gasteiger partial charge in [0.05, 0.1) is 6.10 Å². The highest BCUT2D eigenvalue weighted by Gasteiger charge is 2.22. The highest BCUT2D eigenvalue weighted by Crippen LogP contribution is 2.30. The molecule has 100 valence electrons. The SMILES string of the molecule is C[C@@H](O)c1cc(F)ccc1N1CCCC(CO)C1. The third-order valence-corrected chi connectivity index (χ3v) is 3.56. The molecule has 3 nitrogen and oxygen atoms in total. The molecule has 1 heterocycles. The van der Waals surface area contributed by atoms with Crippen molar-refractivity contribution in [3.8, 4) is 0 Å². The number of halogens is 1. The zero-order chi connectivity index (χ0) is 13.1. The Balaban J connectivity index is 2.26. The maximum Gasteiger partial charge on any atom is 0.123 e. The van der Waals surface area contributed by atoms with Crippen LogP contribution in [0.25, 0.3) is 0 Å². The van der Waals surface area contributed by atoms with Gasteiger partial charge in [-0.3, -0.25) is 0 Å². The van der Waals surface area contributed by atoms with E-state index in [1.54, 1.807) is 13.0 Å². The fourth-order valence-electron chi connectivity index (χ4n) is 2.58. The maximum atomic E-state index is 13.2. The van der Waals surface area contributed by atoms with Crippen LogP contribution >= 0.6 is 0 Å². The lowest BCUT2D eigenvalue weighted by molar-refractivity contribution is 0.196. The lowest BCUT2D eigenvalue weighted by atomic mass is 9.97. The molecule has 0 spiro atoms. The Hall–Kier alpha value is -1.13. The van der Waals surface area contributed by atoms with Crippen molar-refractivity contribution in [2.24, 2.45) is 5.92 Å². The second kappa shape index (κ2) is 5.67. The molecule has 0 aromatic heterocycles. The predicted molar refractivity (Wildman–Crippen MR) is 69.1 cm³/mol. The van der Waals surface area contributed by atoms with Crippen molar-refractivity contribution in [3.05, 3.63) is 29.6 Å². The van der Waals surface area contributed by atoms with Crippen molar-refractivity contribution in [1.29, 1.82) is 0 Å². The summed E-state index contributed by atoms with van der Waals surface area (Å²) in [5, 5.41) is 19.0. The van der Waals surface area contributed by atoms with Gasteiger partial charge < -0.3 is 15.1 Å². The third-order valence-electron chi connectivity index (χ3n) is 3.56. The molecular weight excluding hydrogens is 233 g/mol. The summed E-state index contributed by atoms with van der Waals surface area (Å²) in [4.78, 5) is 2.13. The number of aliphatic hydroxyl groups excluding tert-OH is 2. The average Bonchev–Trinajstić information content (AvgIpc) is 2.38. The highest BCUT2D eigenvalue weighted by atomic mass is 19.1. The molecule has 18 heavy (non-hydrogen) atoms. The minimum Gasteiger partial charge on any atom is -0.396 e. The minimum absolute atomic E-state index is 0.182. The molecule has 2 N–H and O–H groups in total. The molecule has 2 rings (SSSR count). The monoisotopic (exact) mass is 253 g/mol. The van der Waals surface area contributed by atoms with Crippen LogP contribution in [0.5, 0.6) is 0 Å². The first kappa shape index (κ1) is 13.3. The van der Waals surface area contributed by atoms with Gasteiger partial charge in [0, 0.05) is 30.9 Å². The number of anilines is 1. The second-order valence-electron chi connectivity index (χ2n) is 5.02. The zero-order valence-corrected chi connectivity index (χ0v) is 10.6. The Labute approximate surface area is 107 Å². The number of benzene rings is 1. The summed E-state index contributed by atoms with van der Waals surface area (Å²) in [5.74, 6) is -0.0592. The smallest absolute Gasteiger partial charge is 0.123 e. The van der Waals surface area contributed by atoms with E-state index in [0.717, 1.165) is 31.6 Å². The summed E-state index contributed by atoms with van der Waals surface area (Å²) in [7, 11) is 0. The summed E-state index contributed by atoms with van der Waals surface area (Å²) in [6.45, 7) is 3.48. The topological polar surface area (TPSA) is 43.7 Å². The first-order valence-corrected chi connectivity index (χ1v) is 6.45. The van der Waals surface area contributed by atoms with E-state index in [4.69, 9.17) is 0 Å². The largest absolute Gasteiger partial charge is 0.396 e. The van der Waals surface area contributed by atoms with Gasteiger partial charge in [-0.05, 0) is 43.9 Å². The Kier molecular flexibility index (Phi) is 4.19. The average molecular weight is 253 g/mol. The van der Waals surface area contributed by atoms with Gasteiger partial charge >= 0.3 is 0 Å². The molecule has 1 aromatic carbocycles. The van der Waals surface area contributed by atoms with Crippen LogP contribution in [-0.4, -0.2) is 29.9 Å². The number of aliphatic hydroxyl groups is 2. The number of nitrogens with zero attached hydrogens (tertiary/aromatic N) is 1. The molecular formula is C14H20FNO2. The van der Waals surface area contributed by atoms with Crippen LogP contribution in [0.3, 0.4) is 0 Å². The molecule has 4 heteroatoms. The number of piperidine rings is 1. The van der Waals surface area contributed by atoms with Crippen molar-refractivity contribution in [2.75, 3.05) is 24.6 Å². The molecule has 1 unspecified atom stereocenters. The van der Waals surface area contributed by atoms with E-state index in [1.165, 1.54) is 12.1 Å². The van der Waals surface area contributed by atoms with Crippen LogP contribution in [0.2, 0.25) is 0 Å². The molecule has 1 fully saturated rings. The standard InChI is InChI=1S/C14H20FNO2/c1-10(18)13-7-12(15)4-5-14(13)16-6-2-3-11(8-16)9-17/h4-5,7,10-11,17-18H,2-3,6,8-9H2,1H3/t10-,11?/m1/s1. The van der Waals surface area contributed by atoms with Gasteiger partial charge in [0.15, 0.2) is 0 Å². The predicted octanol–water partition coefficient (Wildman–Crippen LogP) is 2.09. The van der Waals surface area contributed by atoms with Crippen LogP contribution in [0.4, 0.5) is 10.1 Å². The number of rotatable bonds is 3. The van der Waals surface area contributed by atoms with Crippen molar-refractivity contribution < 1.29 is 14.6 Å². The van der Waals surface area contributed by atoms with E-state index in [2.05, 4.69) is 4.90 Å². The summed E-state index contributed by atoms with van der Waals surface area (Å²) >= 11 is 0. The summed E-state index contributed by atoms with van der Waals surface area (Å²) < 4.78 is 13.2. The molecule has 1 aromatic rings. The first-order chi connectivity index (χ1) is 8.61. The van der Waals surface area contributed by atoms with E-state index < -0.39 is 6.10 Å². The fraction of sp³-hybridized carbons (Fsp3) is 0.571. The lowest BCUT2D eigenvalue weighted by Crippen LogP contribution is -2.37.